The number of aromatic amines is 1. The highest BCUT2D eigenvalue weighted by atomic mass is 16.2. The van der Waals surface area contributed by atoms with Gasteiger partial charge in [-0.1, -0.05) is 13.8 Å². The zero-order valence-corrected chi connectivity index (χ0v) is 13.1. The fourth-order valence-corrected chi connectivity index (χ4v) is 2.47. The fourth-order valence-electron chi connectivity index (χ4n) is 2.47. The predicted octanol–water partition coefficient (Wildman–Crippen LogP) is 2.55. The Morgan fingerprint density at radius 1 is 1.43 bits per heavy atom. The molecule has 1 N–H and O–H groups in total. The van der Waals surface area contributed by atoms with Gasteiger partial charge in [0, 0.05) is 25.1 Å². The van der Waals surface area contributed by atoms with Crippen molar-refractivity contribution in [2.24, 2.45) is 0 Å². The van der Waals surface area contributed by atoms with Gasteiger partial charge < -0.3 is 9.88 Å². The van der Waals surface area contributed by atoms with Gasteiger partial charge in [0.25, 0.3) is 5.91 Å². The number of hydrogen-bond donors (Lipinski definition) is 1. The fraction of sp³-hybridized carbons (Fsp3) is 0.533. The minimum absolute atomic E-state index is 0.0841. The highest BCUT2D eigenvalue weighted by molar-refractivity contribution is 5.92. The summed E-state index contributed by atoms with van der Waals surface area (Å²) in [6.45, 7) is 6.72. The molecule has 0 spiro atoms. The maximum absolute atomic E-state index is 12.4. The summed E-state index contributed by atoms with van der Waals surface area (Å²) in [6.07, 6.45) is 5.45. The molecule has 0 aromatic carbocycles. The number of aromatic nitrogens is 4. The second kappa shape index (κ2) is 6.56. The lowest BCUT2D eigenvalue weighted by Gasteiger charge is -2.16. The maximum Gasteiger partial charge on any atom is 0.274 e. The van der Waals surface area contributed by atoms with Gasteiger partial charge in [-0.2, -0.15) is 5.10 Å². The van der Waals surface area contributed by atoms with Crippen molar-refractivity contribution in [1.82, 2.24) is 24.6 Å². The Morgan fingerprint density at radius 3 is 2.71 bits per heavy atom. The van der Waals surface area contributed by atoms with Crippen LogP contribution in [0.3, 0.4) is 0 Å². The van der Waals surface area contributed by atoms with Crippen molar-refractivity contribution >= 4 is 5.91 Å². The maximum atomic E-state index is 12.4. The van der Waals surface area contributed by atoms with E-state index in [4.69, 9.17) is 0 Å². The number of H-pyrrole nitrogens is 1. The van der Waals surface area contributed by atoms with Crippen LogP contribution in [0.5, 0.6) is 0 Å². The third-order valence-corrected chi connectivity index (χ3v) is 3.72. The van der Waals surface area contributed by atoms with E-state index >= 15 is 0 Å². The van der Waals surface area contributed by atoms with E-state index in [0.29, 0.717) is 18.3 Å². The van der Waals surface area contributed by atoms with Crippen LogP contribution in [-0.2, 0) is 6.54 Å². The number of nitrogens with one attached hydrogen (secondary N) is 1. The second-order valence-corrected chi connectivity index (χ2v) is 5.28. The van der Waals surface area contributed by atoms with Crippen LogP contribution < -0.4 is 0 Å². The number of rotatable bonds is 6. The average Bonchev–Trinajstić information content (AvgIpc) is 3.10. The Balaban J connectivity index is 2.14. The molecule has 2 rings (SSSR count). The third-order valence-electron chi connectivity index (χ3n) is 3.72. The van der Waals surface area contributed by atoms with Gasteiger partial charge in [-0.3, -0.25) is 9.48 Å². The van der Waals surface area contributed by atoms with Crippen molar-refractivity contribution in [3.63, 3.8) is 0 Å². The first-order valence-electron chi connectivity index (χ1n) is 7.36. The average molecular weight is 289 g/mol. The number of amides is 1. The van der Waals surface area contributed by atoms with E-state index in [1.54, 1.807) is 24.3 Å². The third kappa shape index (κ3) is 3.32. The quantitative estimate of drug-likeness (QED) is 0.888. The summed E-state index contributed by atoms with van der Waals surface area (Å²) < 4.78 is 1.97. The Bertz CT molecular complexity index is 583. The standard InChI is InChI=1S/C15H23N5O/c1-5-12(6-2)20-11(3)9-13(18-20)15(21)19(4)10-14-16-7-8-17-14/h7-9,12H,5-6,10H2,1-4H3,(H,16,17). The minimum atomic E-state index is -0.0841. The number of hydrogen-bond acceptors (Lipinski definition) is 3. The Hall–Kier alpha value is -2.11. The first kappa shape index (κ1) is 15.3. The number of imidazole rings is 1. The van der Waals surface area contributed by atoms with E-state index in [-0.39, 0.29) is 5.91 Å². The lowest BCUT2D eigenvalue weighted by atomic mass is 10.2. The molecule has 0 saturated heterocycles. The van der Waals surface area contributed by atoms with Crippen LogP contribution in [0.25, 0.3) is 0 Å². The van der Waals surface area contributed by atoms with Gasteiger partial charge in [0.15, 0.2) is 5.69 Å². The summed E-state index contributed by atoms with van der Waals surface area (Å²) in [6, 6.07) is 2.21. The molecule has 0 atom stereocenters. The SMILES string of the molecule is CCC(CC)n1nc(C(=O)N(C)Cc2ncc[nH]2)cc1C. The van der Waals surface area contributed by atoms with Crippen molar-refractivity contribution in [2.45, 2.75) is 46.2 Å². The first-order valence-corrected chi connectivity index (χ1v) is 7.36. The zero-order valence-electron chi connectivity index (χ0n) is 13.1. The molecule has 0 aliphatic rings. The van der Waals surface area contributed by atoms with Gasteiger partial charge in [-0.25, -0.2) is 4.98 Å². The van der Waals surface area contributed by atoms with E-state index in [1.807, 2.05) is 17.7 Å². The summed E-state index contributed by atoms with van der Waals surface area (Å²) in [5, 5.41) is 4.50. The Labute approximate surface area is 125 Å². The molecule has 114 valence electrons. The van der Waals surface area contributed by atoms with Crippen LogP contribution >= 0.6 is 0 Å². The summed E-state index contributed by atoms with van der Waals surface area (Å²) in [5.41, 5.74) is 1.52. The number of carbonyl (C=O) groups is 1. The first-order chi connectivity index (χ1) is 10.1. The molecule has 0 fully saturated rings. The topological polar surface area (TPSA) is 66.8 Å². The van der Waals surface area contributed by atoms with E-state index in [9.17, 15) is 4.79 Å². The second-order valence-electron chi connectivity index (χ2n) is 5.28. The van der Waals surface area contributed by atoms with Crippen molar-refractivity contribution in [3.05, 3.63) is 35.7 Å². The van der Waals surface area contributed by atoms with Crippen LogP contribution in [0.15, 0.2) is 18.5 Å². The highest BCUT2D eigenvalue weighted by Crippen LogP contribution is 2.18. The van der Waals surface area contributed by atoms with E-state index in [0.717, 1.165) is 24.4 Å². The largest absolute Gasteiger partial charge is 0.347 e. The van der Waals surface area contributed by atoms with Gasteiger partial charge in [-0.15, -0.1) is 0 Å². The predicted molar refractivity (Wildman–Crippen MR) is 81.0 cm³/mol. The summed E-state index contributed by atoms with van der Waals surface area (Å²) in [4.78, 5) is 21.2. The lowest BCUT2D eigenvalue weighted by molar-refractivity contribution is 0.0774. The van der Waals surface area contributed by atoms with E-state index in [1.165, 1.54) is 0 Å². The number of nitrogens with zero attached hydrogens (tertiary/aromatic N) is 4. The number of aryl methyl sites for hydroxylation is 1. The molecule has 0 bridgehead atoms. The molecule has 0 unspecified atom stereocenters. The molecule has 0 aliphatic heterocycles. The molecule has 0 radical (unpaired) electrons. The Kier molecular flexibility index (Phi) is 4.77. The van der Waals surface area contributed by atoms with Crippen molar-refractivity contribution in [1.29, 1.82) is 0 Å². The smallest absolute Gasteiger partial charge is 0.274 e. The molecule has 6 nitrogen and oxygen atoms in total. The normalized spacial score (nSPS) is 11.1. The highest BCUT2D eigenvalue weighted by Gasteiger charge is 2.19. The molecule has 1 amide bonds. The molecule has 21 heavy (non-hydrogen) atoms. The van der Waals surface area contributed by atoms with Gasteiger partial charge in [0.2, 0.25) is 0 Å². The summed E-state index contributed by atoms with van der Waals surface area (Å²) in [7, 11) is 1.76. The van der Waals surface area contributed by atoms with Crippen LogP contribution in [0.4, 0.5) is 0 Å². The molecular weight excluding hydrogens is 266 g/mol. The van der Waals surface area contributed by atoms with Crippen LogP contribution in [0.2, 0.25) is 0 Å². The van der Waals surface area contributed by atoms with Crippen molar-refractivity contribution in [2.75, 3.05) is 7.05 Å². The van der Waals surface area contributed by atoms with Gasteiger partial charge in [0.1, 0.15) is 5.82 Å². The van der Waals surface area contributed by atoms with E-state index < -0.39 is 0 Å². The Morgan fingerprint density at radius 2 is 2.14 bits per heavy atom. The summed E-state index contributed by atoms with van der Waals surface area (Å²) in [5.74, 6) is 0.682. The van der Waals surface area contributed by atoms with Crippen molar-refractivity contribution < 1.29 is 4.79 Å². The van der Waals surface area contributed by atoms with Gasteiger partial charge in [-0.05, 0) is 25.8 Å². The summed E-state index contributed by atoms with van der Waals surface area (Å²) >= 11 is 0. The molecule has 2 aromatic heterocycles. The van der Waals surface area contributed by atoms with Crippen LogP contribution in [-0.4, -0.2) is 37.6 Å². The molecule has 0 aliphatic carbocycles. The molecule has 0 saturated carbocycles. The number of carbonyl (C=O) groups excluding carboxylic acids is 1. The molecule has 2 aromatic rings. The molecule has 6 heteroatoms. The van der Waals surface area contributed by atoms with Gasteiger partial charge >= 0.3 is 0 Å². The zero-order chi connectivity index (χ0) is 15.4. The molecule has 2 heterocycles. The van der Waals surface area contributed by atoms with Crippen LogP contribution in [0, 0.1) is 6.92 Å². The minimum Gasteiger partial charge on any atom is -0.347 e. The van der Waals surface area contributed by atoms with Crippen molar-refractivity contribution in [3.8, 4) is 0 Å². The lowest BCUT2D eigenvalue weighted by Crippen LogP contribution is -2.27. The van der Waals surface area contributed by atoms with E-state index in [2.05, 4.69) is 28.9 Å². The van der Waals surface area contributed by atoms with Crippen LogP contribution in [0.1, 0.15) is 54.7 Å². The monoisotopic (exact) mass is 289 g/mol. The molecular formula is C15H23N5O. The van der Waals surface area contributed by atoms with Gasteiger partial charge in [0.05, 0.1) is 12.6 Å².